The average molecular weight is 310 g/mol. The van der Waals surface area contributed by atoms with Crippen molar-refractivity contribution in [3.8, 4) is 11.5 Å². The van der Waals surface area contributed by atoms with Gasteiger partial charge in [-0.3, -0.25) is 4.79 Å². The van der Waals surface area contributed by atoms with Gasteiger partial charge in [-0.1, -0.05) is 35.9 Å². The third-order valence-corrected chi connectivity index (χ3v) is 3.45. The maximum atomic E-state index is 11.9. The van der Waals surface area contributed by atoms with Crippen LogP contribution in [-0.2, 0) is 11.2 Å². The van der Waals surface area contributed by atoms with Gasteiger partial charge in [0.05, 0.1) is 12.6 Å². The molecule has 0 aliphatic carbocycles. The second kappa shape index (κ2) is 6.96. The molecule has 0 saturated heterocycles. The summed E-state index contributed by atoms with van der Waals surface area (Å²) in [5.41, 5.74) is 5.52. The Balaban J connectivity index is 1.56. The normalized spacial score (nSPS) is 13.1. The second-order valence-corrected chi connectivity index (χ2v) is 5.36. The summed E-state index contributed by atoms with van der Waals surface area (Å²) in [4.78, 5) is 11.9. The van der Waals surface area contributed by atoms with Gasteiger partial charge in [0.1, 0.15) is 13.2 Å². The number of ether oxygens (including phenoxy) is 2. The van der Waals surface area contributed by atoms with Crippen LogP contribution in [0.4, 0.5) is 0 Å². The van der Waals surface area contributed by atoms with Gasteiger partial charge in [0, 0.05) is 0 Å². The van der Waals surface area contributed by atoms with Crippen LogP contribution in [0, 0.1) is 6.92 Å². The van der Waals surface area contributed by atoms with Crippen molar-refractivity contribution in [3.63, 3.8) is 0 Å². The number of aryl methyl sites for hydroxylation is 1. The van der Waals surface area contributed by atoms with Gasteiger partial charge in [-0.05, 0) is 30.2 Å². The quantitative estimate of drug-likeness (QED) is 0.697. The van der Waals surface area contributed by atoms with Crippen LogP contribution < -0.4 is 14.9 Å². The Morgan fingerprint density at radius 2 is 1.87 bits per heavy atom. The second-order valence-electron chi connectivity index (χ2n) is 5.36. The lowest BCUT2D eigenvalue weighted by molar-refractivity contribution is -0.120. The standard InChI is InChI=1S/C18H18N2O3/c1-13-2-4-14(5-3-13)12-19-20-18(21)11-15-6-7-16-17(10-15)23-9-8-22-16/h2-7,10,12H,8-9,11H2,1H3,(H,20,21)/b19-12+. The Labute approximate surface area is 134 Å². The number of benzene rings is 2. The fraction of sp³-hybridized carbons (Fsp3) is 0.222. The number of amides is 1. The average Bonchev–Trinajstić information content (AvgIpc) is 2.56. The van der Waals surface area contributed by atoms with E-state index in [2.05, 4.69) is 10.5 Å². The molecule has 1 aliphatic heterocycles. The summed E-state index contributed by atoms with van der Waals surface area (Å²) in [5, 5.41) is 3.97. The van der Waals surface area contributed by atoms with E-state index < -0.39 is 0 Å². The van der Waals surface area contributed by atoms with Crippen molar-refractivity contribution >= 4 is 12.1 Å². The molecule has 0 spiro atoms. The number of carbonyl (C=O) groups excluding carboxylic acids is 1. The number of hydrogen-bond acceptors (Lipinski definition) is 4. The predicted molar refractivity (Wildman–Crippen MR) is 88.1 cm³/mol. The molecule has 2 aromatic rings. The van der Waals surface area contributed by atoms with Gasteiger partial charge in [0.2, 0.25) is 5.91 Å². The van der Waals surface area contributed by atoms with E-state index in [-0.39, 0.29) is 12.3 Å². The van der Waals surface area contributed by atoms with Crippen LogP contribution in [-0.4, -0.2) is 25.3 Å². The summed E-state index contributed by atoms with van der Waals surface area (Å²) in [6, 6.07) is 13.4. The van der Waals surface area contributed by atoms with Crippen LogP contribution in [0.3, 0.4) is 0 Å². The topological polar surface area (TPSA) is 59.9 Å². The van der Waals surface area contributed by atoms with Crippen molar-refractivity contribution in [2.75, 3.05) is 13.2 Å². The van der Waals surface area contributed by atoms with E-state index in [1.165, 1.54) is 5.56 Å². The van der Waals surface area contributed by atoms with Gasteiger partial charge >= 0.3 is 0 Å². The zero-order valence-electron chi connectivity index (χ0n) is 12.9. The van der Waals surface area contributed by atoms with Crippen LogP contribution >= 0.6 is 0 Å². The van der Waals surface area contributed by atoms with Crippen LogP contribution in [0.1, 0.15) is 16.7 Å². The highest BCUT2D eigenvalue weighted by Crippen LogP contribution is 2.30. The highest BCUT2D eigenvalue weighted by molar-refractivity contribution is 5.83. The SMILES string of the molecule is Cc1ccc(/C=N/NC(=O)Cc2ccc3c(c2)OCCO3)cc1. The molecule has 1 aliphatic rings. The van der Waals surface area contributed by atoms with Crippen molar-refractivity contribution in [1.82, 2.24) is 5.43 Å². The lowest BCUT2D eigenvalue weighted by Crippen LogP contribution is -2.20. The van der Waals surface area contributed by atoms with E-state index in [1.807, 2.05) is 49.4 Å². The highest BCUT2D eigenvalue weighted by atomic mass is 16.6. The summed E-state index contributed by atoms with van der Waals surface area (Å²) in [7, 11) is 0. The van der Waals surface area contributed by atoms with E-state index >= 15 is 0 Å². The van der Waals surface area contributed by atoms with Crippen molar-refractivity contribution in [2.45, 2.75) is 13.3 Å². The lowest BCUT2D eigenvalue weighted by atomic mass is 10.1. The number of fused-ring (bicyclic) bond motifs is 1. The molecule has 0 saturated carbocycles. The van der Waals surface area contributed by atoms with Gasteiger partial charge in [-0.2, -0.15) is 5.10 Å². The number of hydrogen-bond donors (Lipinski definition) is 1. The Kier molecular flexibility index (Phi) is 4.57. The molecule has 1 N–H and O–H groups in total. The van der Waals surface area contributed by atoms with Crippen molar-refractivity contribution in [1.29, 1.82) is 0 Å². The van der Waals surface area contributed by atoms with Gasteiger partial charge in [-0.15, -0.1) is 0 Å². The first kappa shape index (κ1) is 15.1. The zero-order chi connectivity index (χ0) is 16.1. The Morgan fingerprint density at radius 3 is 2.65 bits per heavy atom. The first-order valence-electron chi connectivity index (χ1n) is 7.48. The van der Waals surface area contributed by atoms with Gasteiger partial charge < -0.3 is 9.47 Å². The molecule has 0 unspecified atom stereocenters. The van der Waals surface area contributed by atoms with E-state index in [1.54, 1.807) is 6.21 Å². The van der Waals surface area contributed by atoms with Gasteiger partial charge in [0.25, 0.3) is 0 Å². The number of nitrogens with zero attached hydrogens (tertiary/aromatic N) is 1. The molecule has 5 heteroatoms. The first-order valence-corrected chi connectivity index (χ1v) is 7.48. The van der Waals surface area contributed by atoms with E-state index in [0.717, 1.165) is 16.9 Å². The van der Waals surface area contributed by atoms with Crippen LogP contribution in [0.15, 0.2) is 47.6 Å². The number of carbonyl (C=O) groups is 1. The maximum Gasteiger partial charge on any atom is 0.244 e. The maximum absolute atomic E-state index is 11.9. The third-order valence-electron chi connectivity index (χ3n) is 3.45. The summed E-state index contributed by atoms with van der Waals surface area (Å²) in [6.45, 7) is 3.11. The monoisotopic (exact) mass is 310 g/mol. The summed E-state index contributed by atoms with van der Waals surface area (Å²) >= 11 is 0. The van der Waals surface area contributed by atoms with Gasteiger partial charge in [-0.25, -0.2) is 5.43 Å². The summed E-state index contributed by atoms with van der Waals surface area (Å²) < 4.78 is 11.0. The highest BCUT2D eigenvalue weighted by Gasteiger charge is 2.12. The Bertz CT molecular complexity index is 724. The van der Waals surface area contributed by atoms with E-state index in [9.17, 15) is 4.79 Å². The first-order chi connectivity index (χ1) is 11.2. The minimum absolute atomic E-state index is 0.176. The third kappa shape index (κ3) is 4.10. The van der Waals surface area contributed by atoms with Crippen LogP contribution in [0.5, 0.6) is 11.5 Å². The molecule has 0 radical (unpaired) electrons. The molecule has 0 aromatic heterocycles. The van der Waals surface area contributed by atoms with E-state index in [4.69, 9.17) is 9.47 Å². The molecule has 1 heterocycles. The number of hydrazone groups is 1. The van der Waals surface area contributed by atoms with Gasteiger partial charge in [0.15, 0.2) is 11.5 Å². The molecule has 2 aromatic carbocycles. The molecule has 23 heavy (non-hydrogen) atoms. The Morgan fingerprint density at radius 1 is 1.13 bits per heavy atom. The minimum Gasteiger partial charge on any atom is -0.486 e. The summed E-state index contributed by atoms with van der Waals surface area (Å²) in [6.07, 6.45) is 1.86. The minimum atomic E-state index is -0.176. The largest absolute Gasteiger partial charge is 0.486 e. The number of nitrogens with one attached hydrogen (secondary N) is 1. The fourth-order valence-corrected chi connectivity index (χ4v) is 2.25. The molecule has 0 bridgehead atoms. The van der Waals surface area contributed by atoms with E-state index in [0.29, 0.717) is 19.0 Å². The van der Waals surface area contributed by atoms with Crippen molar-refractivity contribution in [3.05, 3.63) is 59.2 Å². The van der Waals surface area contributed by atoms with Crippen LogP contribution in [0.25, 0.3) is 0 Å². The fourth-order valence-electron chi connectivity index (χ4n) is 2.25. The van der Waals surface area contributed by atoms with Crippen LogP contribution in [0.2, 0.25) is 0 Å². The molecular weight excluding hydrogens is 292 g/mol. The Hall–Kier alpha value is -2.82. The molecular formula is C18H18N2O3. The van der Waals surface area contributed by atoms with Crippen molar-refractivity contribution < 1.29 is 14.3 Å². The van der Waals surface area contributed by atoms with Crippen molar-refractivity contribution in [2.24, 2.45) is 5.10 Å². The molecule has 0 fully saturated rings. The number of rotatable bonds is 4. The predicted octanol–water partition coefficient (Wildman–Crippen LogP) is 2.46. The lowest BCUT2D eigenvalue weighted by Gasteiger charge is -2.18. The molecule has 5 nitrogen and oxygen atoms in total. The molecule has 0 atom stereocenters. The summed E-state index contributed by atoms with van der Waals surface area (Å²) in [5.74, 6) is 1.23. The molecule has 1 amide bonds. The zero-order valence-corrected chi connectivity index (χ0v) is 12.9. The molecule has 3 rings (SSSR count). The molecule has 118 valence electrons. The smallest absolute Gasteiger partial charge is 0.244 e.